The van der Waals surface area contributed by atoms with E-state index >= 15 is 0 Å². The summed E-state index contributed by atoms with van der Waals surface area (Å²) in [6.45, 7) is 4.14. The maximum Gasteiger partial charge on any atom is 0.184 e. The average molecular weight is 272 g/mol. The fourth-order valence-corrected chi connectivity index (χ4v) is 3.84. The summed E-state index contributed by atoms with van der Waals surface area (Å²) in [7, 11) is 0. The molecule has 2 aliphatic rings. The van der Waals surface area contributed by atoms with Crippen LogP contribution < -0.4 is 0 Å². The third-order valence-corrected chi connectivity index (χ3v) is 4.99. The molecule has 0 unspecified atom stereocenters. The SMILES string of the molecule is Cc1ccc(C(=O)C2(N3CCCCC3)CCCC2)cn1. The Morgan fingerprint density at radius 2 is 1.80 bits per heavy atom. The molecule has 20 heavy (non-hydrogen) atoms. The molecule has 1 aromatic heterocycles. The number of rotatable bonds is 3. The van der Waals surface area contributed by atoms with Gasteiger partial charge in [0.2, 0.25) is 0 Å². The van der Waals surface area contributed by atoms with Crippen molar-refractivity contribution in [3.05, 3.63) is 29.6 Å². The summed E-state index contributed by atoms with van der Waals surface area (Å²) in [5.74, 6) is 0.310. The lowest BCUT2D eigenvalue weighted by molar-refractivity contribution is 0.0477. The van der Waals surface area contributed by atoms with E-state index in [9.17, 15) is 4.79 Å². The predicted octanol–water partition coefficient (Wildman–Crippen LogP) is 3.37. The number of aromatic nitrogens is 1. The monoisotopic (exact) mass is 272 g/mol. The predicted molar refractivity (Wildman–Crippen MR) is 79.9 cm³/mol. The van der Waals surface area contributed by atoms with Crippen LogP contribution in [0.2, 0.25) is 0 Å². The first kappa shape index (κ1) is 13.7. The topological polar surface area (TPSA) is 33.2 Å². The van der Waals surface area contributed by atoms with Gasteiger partial charge in [0.1, 0.15) is 0 Å². The molecule has 1 saturated carbocycles. The molecule has 2 fully saturated rings. The molecule has 0 N–H and O–H groups in total. The number of hydrogen-bond donors (Lipinski definition) is 0. The van der Waals surface area contributed by atoms with Gasteiger partial charge in [-0.15, -0.1) is 0 Å². The quantitative estimate of drug-likeness (QED) is 0.791. The summed E-state index contributed by atoms with van der Waals surface area (Å²) in [4.78, 5) is 19.9. The summed E-state index contributed by atoms with van der Waals surface area (Å²) in [5, 5.41) is 0. The Morgan fingerprint density at radius 1 is 1.10 bits per heavy atom. The number of hydrogen-bond acceptors (Lipinski definition) is 3. The first-order valence-electron chi connectivity index (χ1n) is 7.95. The number of Topliss-reactive ketones (excluding diaryl/α,β-unsaturated/α-hetero) is 1. The van der Waals surface area contributed by atoms with E-state index in [4.69, 9.17) is 0 Å². The lowest BCUT2D eigenvalue weighted by Gasteiger charge is -2.42. The van der Waals surface area contributed by atoms with Crippen molar-refractivity contribution in [2.45, 2.75) is 57.4 Å². The van der Waals surface area contributed by atoms with Crippen LogP contribution in [0.25, 0.3) is 0 Å². The Balaban J connectivity index is 1.89. The number of aryl methyl sites for hydroxylation is 1. The van der Waals surface area contributed by atoms with E-state index in [-0.39, 0.29) is 5.54 Å². The van der Waals surface area contributed by atoms with Gasteiger partial charge in [-0.05, 0) is 57.8 Å². The van der Waals surface area contributed by atoms with Crippen LogP contribution in [0.5, 0.6) is 0 Å². The summed E-state index contributed by atoms with van der Waals surface area (Å²) in [6, 6.07) is 3.90. The van der Waals surface area contributed by atoms with E-state index in [1.807, 2.05) is 19.1 Å². The number of nitrogens with zero attached hydrogens (tertiary/aromatic N) is 2. The zero-order chi connectivity index (χ0) is 14.0. The van der Waals surface area contributed by atoms with Crippen molar-refractivity contribution >= 4 is 5.78 Å². The maximum atomic E-state index is 13.1. The Kier molecular flexibility index (Phi) is 3.88. The van der Waals surface area contributed by atoms with Crippen molar-refractivity contribution < 1.29 is 4.79 Å². The second kappa shape index (κ2) is 5.65. The Bertz CT molecular complexity index is 468. The molecule has 0 atom stereocenters. The molecule has 108 valence electrons. The highest BCUT2D eigenvalue weighted by atomic mass is 16.1. The minimum atomic E-state index is -0.225. The molecule has 0 bridgehead atoms. The van der Waals surface area contributed by atoms with Crippen LogP contribution in [-0.2, 0) is 0 Å². The van der Waals surface area contributed by atoms with Gasteiger partial charge >= 0.3 is 0 Å². The Labute approximate surface area is 121 Å². The third-order valence-electron chi connectivity index (χ3n) is 4.99. The van der Waals surface area contributed by atoms with Gasteiger partial charge < -0.3 is 0 Å². The van der Waals surface area contributed by atoms with Crippen molar-refractivity contribution in [1.82, 2.24) is 9.88 Å². The lowest BCUT2D eigenvalue weighted by Crippen LogP contribution is -2.54. The summed E-state index contributed by atoms with van der Waals surface area (Å²) in [5.41, 5.74) is 1.54. The molecule has 0 radical (unpaired) electrons. The number of ketones is 1. The molecule has 3 heteroatoms. The normalized spacial score (nSPS) is 22.9. The van der Waals surface area contributed by atoms with Crippen LogP contribution in [-0.4, -0.2) is 34.3 Å². The van der Waals surface area contributed by atoms with Crippen molar-refractivity contribution in [2.24, 2.45) is 0 Å². The van der Waals surface area contributed by atoms with E-state index in [2.05, 4.69) is 9.88 Å². The minimum Gasteiger partial charge on any atom is -0.292 e. The lowest BCUT2D eigenvalue weighted by atomic mass is 9.84. The Morgan fingerprint density at radius 3 is 2.40 bits per heavy atom. The van der Waals surface area contributed by atoms with Gasteiger partial charge in [-0.2, -0.15) is 0 Å². The molecule has 1 aliphatic heterocycles. The van der Waals surface area contributed by atoms with Crippen LogP contribution in [0.4, 0.5) is 0 Å². The molecule has 0 spiro atoms. The molecule has 1 aliphatic carbocycles. The van der Waals surface area contributed by atoms with Crippen LogP contribution in [0.3, 0.4) is 0 Å². The number of carbonyl (C=O) groups excluding carboxylic acids is 1. The molecule has 0 amide bonds. The smallest absolute Gasteiger partial charge is 0.184 e. The molecule has 0 aromatic carbocycles. The minimum absolute atomic E-state index is 0.225. The van der Waals surface area contributed by atoms with Crippen LogP contribution >= 0.6 is 0 Å². The molecular weight excluding hydrogens is 248 g/mol. The molecule has 3 rings (SSSR count). The number of carbonyl (C=O) groups is 1. The standard InChI is InChI=1S/C17H24N2O/c1-14-7-8-15(13-18-14)16(20)17(9-3-4-10-17)19-11-5-2-6-12-19/h7-8,13H,2-6,9-12H2,1H3. The fourth-order valence-electron chi connectivity index (χ4n) is 3.84. The molecular formula is C17H24N2O. The van der Waals surface area contributed by atoms with Gasteiger partial charge in [-0.1, -0.05) is 19.3 Å². The van der Waals surface area contributed by atoms with Crippen molar-refractivity contribution in [3.8, 4) is 0 Å². The zero-order valence-corrected chi connectivity index (χ0v) is 12.4. The summed E-state index contributed by atoms with van der Waals surface area (Å²) in [6.07, 6.45) is 9.97. The van der Waals surface area contributed by atoms with Gasteiger partial charge in [0.25, 0.3) is 0 Å². The van der Waals surface area contributed by atoms with Crippen molar-refractivity contribution in [2.75, 3.05) is 13.1 Å². The second-order valence-electron chi connectivity index (χ2n) is 6.30. The molecule has 3 nitrogen and oxygen atoms in total. The van der Waals surface area contributed by atoms with E-state index in [0.29, 0.717) is 5.78 Å². The highest BCUT2D eigenvalue weighted by Crippen LogP contribution is 2.39. The van der Waals surface area contributed by atoms with E-state index in [1.165, 1.54) is 32.1 Å². The van der Waals surface area contributed by atoms with Crippen molar-refractivity contribution in [3.63, 3.8) is 0 Å². The van der Waals surface area contributed by atoms with Crippen LogP contribution in [0.15, 0.2) is 18.3 Å². The van der Waals surface area contributed by atoms with E-state index in [1.54, 1.807) is 6.20 Å². The molecule has 1 aromatic rings. The van der Waals surface area contributed by atoms with E-state index in [0.717, 1.165) is 37.2 Å². The van der Waals surface area contributed by atoms with Crippen molar-refractivity contribution in [1.29, 1.82) is 0 Å². The first-order chi connectivity index (χ1) is 9.72. The average Bonchev–Trinajstić information content (AvgIpc) is 2.99. The van der Waals surface area contributed by atoms with Crippen LogP contribution in [0, 0.1) is 6.92 Å². The molecule has 1 saturated heterocycles. The van der Waals surface area contributed by atoms with Gasteiger partial charge in [-0.3, -0.25) is 14.7 Å². The zero-order valence-electron chi connectivity index (χ0n) is 12.4. The Hall–Kier alpha value is -1.22. The van der Waals surface area contributed by atoms with Gasteiger partial charge in [0.05, 0.1) is 5.54 Å². The second-order valence-corrected chi connectivity index (χ2v) is 6.30. The largest absolute Gasteiger partial charge is 0.292 e. The van der Waals surface area contributed by atoms with E-state index < -0.39 is 0 Å². The van der Waals surface area contributed by atoms with Crippen LogP contribution in [0.1, 0.15) is 61.0 Å². The third kappa shape index (κ3) is 2.39. The maximum absolute atomic E-state index is 13.1. The number of likely N-dealkylation sites (tertiary alicyclic amines) is 1. The highest BCUT2D eigenvalue weighted by Gasteiger charge is 2.46. The van der Waals surface area contributed by atoms with Gasteiger partial charge in [0.15, 0.2) is 5.78 Å². The van der Waals surface area contributed by atoms with Gasteiger partial charge in [-0.25, -0.2) is 0 Å². The summed E-state index contributed by atoms with van der Waals surface area (Å²) >= 11 is 0. The van der Waals surface area contributed by atoms with Gasteiger partial charge in [0, 0.05) is 17.5 Å². The highest BCUT2D eigenvalue weighted by molar-refractivity contribution is 6.03. The summed E-state index contributed by atoms with van der Waals surface area (Å²) < 4.78 is 0. The fraction of sp³-hybridized carbons (Fsp3) is 0.647. The first-order valence-corrected chi connectivity index (χ1v) is 7.95. The number of pyridine rings is 1. The number of piperidine rings is 1. The molecule has 2 heterocycles.